The lowest BCUT2D eigenvalue weighted by Crippen LogP contribution is -2.23. The molecule has 2 aromatic heterocycles. The molecule has 2 amide bonds. The van der Waals surface area contributed by atoms with Gasteiger partial charge in [0, 0.05) is 35.4 Å². The van der Waals surface area contributed by atoms with Crippen molar-refractivity contribution in [2.75, 3.05) is 0 Å². The third-order valence-corrected chi connectivity index (χ3v) is 5.56. The lowest BCUT2D eigenvalue weighted by molar-refractivity contribution is -0.122. The standard InChI is InChI=1S/C24H21N3O2/c1-2-3-13-26-15-18(17-9-5-7-11-20(17)26)21-22(24(29)25-23(21)28)27-14-12-16-8-4-6-10-19(16)27/h4-12,14-15H,2-3,13H2,1H3,(H,25,28,29). The van der Waals surface area contributed by atoms with E-state index in [1.54, 1.807) is 0 Å². The summed E-state index contributed by atoms with van der Waals surface area (Å²) in [5.41, 5.74) is 3.59. The molecule has 0 spiro atoms. The van der Waals surface area contributed by atoms with Crippen LogP contribution in [0.5, 0.6) is 0 Å². The first-order chi connectivity index (χ1) is 14.2. The SMILES string of the molecule is CCCCn1cc(C2=C(n3ccc4ccccc43)C(=O)NC2=O)c2ccccc21. The highest BCUT2D eigenvalue weighted by Gasteiger charge is 2.34. The Hall–Kier alpha value is -3.60. The fraction of sp³-hybridized carbons (Fsp3) is 0.167. The maximum absolute atomic E-state index is 12.9. The number of imide groups is 1. The number of carbonyl (C=O) groups is 2. The number of hydrogen-bond donors (Lipinski definition) is 1. The molecular formula is C24H21N3O2. The topological polar surface area (TPSA) is 56.0 Å². The van der Waals surface area contributed by atoms with Gasteiger partial charge in [0.25, 0.3) is 11.8 Å². The maximum Gasteiger partial charge on any atom is 0.275 e. The van der Waals surface area contributed by atoms with Gasteiger partial charge in [-0.2, -0.15) is 0 Å². The van der Waals surface area contributed by atoms with Gasteiger partial charge in [0.15, 0.2) is 0 Å². The Kier molecular flexibility index (Phi) is 4.09. The lowest BCUT2D eigenvalue weighted by atomic mass is 10.0. The average Bonchev–Trinajstić information content (AvgIpc) is 3.39. The van der Waals surface area contributed by atoms with E-state index in [4.69, 9.17) is 0 Å². The number of nitrogens with zero attached hydrogens (tertiary/aromatic N) is 2. The van der Waals surface area contributed by atoms with Crippen molar-refractivity contribution < 1.29 is 9.59 Å². The molecule has 29 heavy (non-hydrogen) atoms. The van der Waals surface area contributed by atoms with Crippen LogP contribution in [0.2, 0.25) is 0 Å². The van der Waals surface area contributed by atoms with Gasteiger partial charge in [0.05, 0.1) is 11.1 Å². The second-order valence-electron chi connectivity index (χ2n) is 7.36. The number of para-hydroxylation sites is 2. The molecule has 0 fully saturated rings. The zero-order valence-corrected chi connectivity index (χ0v) is 16.2. The fourth-order valence-corrected chi connectivity index (χ4v) is 4.16. The van der Waals surface area contributed by atoms with E-state index >= 15 is 0 Å². The van der Waals surface area contributed by atoms with E-state index in [0.29, 0.717) is 11.3 Å². The average molecular weight is 383 g/mol. The molecule has 144 valence electrons. The molecule has 5 heteroatoms. The number of fused-ring (bicyclic) bond motifs is 2. The Morgan fingerprint density at radius 2 is 1.66 bits per heavy atom. The number of benzene rings is 2. The van der Waals surface area contributed by atoms with Crippen molar-refractivity contribution in [2.45, 2.75) is 26.3 Å². The summed E-state index contributed by atoms with van der Waals surface area (Å²) in [6, 6.07) is 17.9. The van der Waals surface area contributed by atoms with Crippen molar-refractivity contribution in [1.82, 2.24) is 14.5 Å². The van der Waals surface area contributed by atoms with E-state index in [-0.39, 0.29) is 11.8 Å². The summed E-state index contributed by atoms with van der Waals surface area (Å²) in [7, 11) is 0. The lowest BCUT2D eigenvalue weighted by Gasteiger charge is -2.07. The van der Waals surface area contributed by atoms with Crippen molar-refractivity contribution in [3.63, 3.8) is 0 Å². The normalized spacial score (nSPS) is 14.4. The molecule has 5 rings (SSSR count). The predicted octanol–water partition coefficient (Wildman–Crippen LogP) is 4.42. The number of carbonyl (C=O) groups excluding carboxylic acids is 2. The van der Waals surface area contributed by atoms with Gasteiger partial charge in [-0.1, -0.05) is 49.7 Å². The summed E-state index contributed by atoms with van der Waals surface area (Å²) < 4.78 is 4.01. The molecule has 1 aliphatic rings. The van der Waals surface area contributed by atoms with E-state index in [0.717, 1.165) is 46.8 Å². The monoisotopic (exact) mass is 383 g/mol. The highest BCUT2D eigenvalue weighted by molar-refractivity contribution is 6.47. The van der Waals surface area contributed by atoms with Gasteiger partial charge < -0.3 is 9.13 Å². The van der Waals surface area contributed by atoms with Crippen LogP contribution in [0.15, 0.2) is 67.0 Å². The van der Waals surface area contributed by atoms with E-state index in [1.807, 2.05) is 65.5 Å². The van der Waals surface area contributed by atoms with Gasteiger partial charge in [-0.15, -0.1) is 0 Å². The number of nitrogens with one attached hydrogen (secondary N) is 1. The van der Waals surface area contributed by atoms with Crippen molar-refractivity contribution in [2.24, 2.45) is 0 Å². The van der Waals surface area contributed by atoms with Crippen molar-refractivity contribution in [1.29, 1.82) is 0 Å². The van der Waals surface area contributed by atoms with Gasteiger partial charge >= 0.3 is 0 Å². The first-order valence-electron chi connectivity index (χ1n) is 9.93. The summed E-state index contributed by atoms with van der Waals surface area (Å²) in [6.45, 7) is 3.04. The molecular weight excluding hydrogens is 362 g/mol. The second kappa shape index (κ2) is 6.78. The summed E-state index contributed by atoms with van der Waals surface area (Å²) in [4.78, 5) is 25.7. The molecule has 0 saturated heterocycles. The molecule has 0 bridgehead atoms. The first kappa shape index (κ1) is 17.5. The largest absolute Gasteiger partial charge is 0.347 e. The molecule has 5 nitrogen and oxygen atoms in total. The number of amides is 2. The Labute approximate surface area is 168 Å². The van der Waals surface area contributed by atoms with Crippen molar-refractivity contribution in [3.05, 3.63) is 72.6 Å². The summed E-state index contributed by atoms with van der Waals surface area (Å²) in [5.74, 6) is -0.710. The minimum atomic E-state index is -0.364. The van der Waals surface area contributed by atoms with Crippen LogP contribution in [0.4, 0.5) is 0 Å². The Bertz CT molecular complexity index is 1310. The van der Waals surface area contributed by atoms with Crippen molar-refractivity contribution in [3.8, 4) is 0 Å². The highest BCUT2D eigenvalue weighted by Crippen LogP contribution is 2.35. The second-order valence-corrected chi connectivity index (χ2v) is 7.36. The predicted molar refractivity (Wildman–Crippen MR) is 115 cm³/mol. The fourth-order valence-electron chi connectivity index (χ4n) is 4.16. The highest BCUT2D eigenvalue weighted by atomic mass is 16.2. The number of hydrogen-bond acceptors (Lipinski definition) is 2. The molecule has 3 heterocycles. The molecule has 1 N–H and O–H groups in total. The van der Waals surface area contributed by atoms with Crippen LogP contribution in [0, 0.1) is 0 Å². The molecule has 0 saturated carbocycles. The van der Waals surface area contributed by atoms with E-state index < -0.39 is 0 Å². The Morgan fingerprint density at radius 3 is 2.48 bits per heavy atom. The zero-order valence-electron chi connectivity index (χ0n) is 16.2. The van der Waals surface area contributed by atoms with Gasteiger partial charge in [-0.25, -0.2) is 0 Å². The maximum atomic E-state index is 12.9. The molecule has 2 aromatic carbocycles. The first-order valence-corrected chi connectivity index (χ1v) is 9.93. The van der Waals surface area contributed by atoms with E-state index in [1.165, 1.54) is 0 Å². The van der Waals surface area contributed by atoms with E-state index in [2.05, 4.69) is 22.9 Å². The molecule has 4 aromatic rings. The zero-order chi connectivity index (χ0) is 20.0. The van der Waals surface area contributed by atoms with Crippen LogP contribution in [0.3, 0.4) is 0 Å². The molecule has 1 aliphatic heterocycles. The van der Waals surface area contributed by atoms with Gasteiger partial charge in [-0.05, 0) is 30.0 Å². The summed E-state index contributed by atoms with van der Waals surface area (Å²) >= 11 is 0. The minimum Gasteiger partial charge on any atom is -0.347 e. The van der Waals surface area contributed by atoms with Crippen LogP contribution in [-0.4, -0.2) is 20.9 Å². The number of aryl methyl sites for hydroxylation is 1. The van der Waals surface area contributed by atoms with Crippen LogP contribution in [0.1, 0.15) is 25.3 Å². The van der Waals surface area contributed by atoms with Gasteiger partial charge in [-0.3, -0.25) is 14.9 Å². The molecule has 0 atom stereocenters. The van der Waals surface area contributed by atoms with Crippen molar-refractivity contribution >= 4 is 44.9 Å². The van der Waals surface area contributed by atoms with Crippen LogP contribution < -0.4 is 5.32 Å². The summed E-state index contributed by atoms with van der Waals surface area (Å²) in [5, 5.41) is 4.51. The van der Waals surface area contributed by atoms with Crippen LogP contribution >= 0.6 is 0 Å². The van der Waals surface area contributed by atoms with Gasteiger partial charge in [0.2, 0.25) is 0 Å². The Balaban J connectivity index is 1.79. The van der Waals surface area contributed by atoms with E-state index in [9.17, 15) is 9.59 Å². The van der Waals surface area contributed by atoms with Gasteiger partial charge in [0.1, 0.15) is 5.70 Å². The van der Waals surface area contributed by atoms with Crippen LogP contribution in [0.25, 0.3) is 33.1 Å². The minimum absolute atomic E-state index is 0.346. The number of unbranched alkanes of at least 4 members (excludes halogenated alkanes) is 1. The third kappa shape index (κ3) is 2.70. The quantitative estimate of drug-likeness (QED) is 0.519. The molecule has 0 aliphatic carbocycles. The number of rotatable bonds is 5. The molecule has 0 unspecified atom stereocenters. The summed E-state index contributed by atoms with van der Waals surface area (Å²) in [6.07, 6.45) is 6.01. The van der Waals surface area contributed by atoms with Crippen LogP contribution in [-0.2, 0) is 16.1 Å². The molecule has 0 radical (unpaired) electrons. The smallest absolute Gasteiger partial charge is 0.275 e. The third-order valence-electron chi connectivity index (χ3n) is 5.56. The number of aromatic nitrogens is 2. The Morgan fingerprint density at radius 1 is 0.897 bits per heavy atom.